The summed E-state index contributed by atoms with van der Waals surface area (Å²) in [7, 11) is -3.78. The minimum absolute atomic E-state index is 0.140. The first kappa shape index (κ1) is 24.3. The lowest BCUT2D eigenvalue weighted by Crippen LogP contribution is -2.47. The topological polar surface area (TPSA) is 114 Å². The summed E-state index contributed by atoms with van der Waals surface area (Å²) in [4.78, 5) is 24.1. The van der Waals surface area contributed by atoms with Crippen molar-refractivity contribution < 1.29 is 27.1 Å². The monoisotopic (exact) mass is 451 g/mol. The van der Waals surface area contributed by atoms with Crippen LogP contribution in [0.1, 0.15) is 30.0 Å². The highest BCUT2D eigenvalue weighted by atomic mass is 32.2. The zero-order valence-corrected chi connectivity index (χ0v) is 18.6. The van der Waals surface area contributed by atoms with Gasteiger partial charge in [0.05, 0.1) is 4.90 Å². The number of sulfonamides is 1. The number of nitrogens with one attached hydrogen (secondary N) is 3. The summed E-state index contributed by atoms with van der Waals surface area (Å²) in [6.45, 7) is 6.63. The van der Waals surface area contributed by atoms with Gasteiger partial charge in [-0.05, 0) is 63.1 Å². The molecule has 0 radical (unpaired) electrons. The number of hydrazine groups is 1. The van der Waals surface area contributed by atoms with Crippen molar-refractivity contribution in [2.24, 2.45) is 0 Å². The third kappa shape index (κ3) is 7.04. The van der Waals surface area contributed by atoms with Gasteiger partial charge >= 0.3 is 0 Å². The van der Waals surface area contributed by atoms with Crippen LogP contribution in [0.25, 0.3) is 0 Å². The van der Waals surface area contributed by atoms with E-state index < -0.39 is 33.8 Å². The van der Waals surface area contributed by atoms with Crippen LogP contribution in [0.15, 0.2) is 41.3 Å². The second kappa shape index (κ2) is 10.4. The van der Waals surface area contributed by atoms with E-state index in [0.29, 0.717) is 16.9 Å². The van der Waals surface area contributed by atoms with Gasteiger partial charge in [0.2, 0.25) is 15.9 Å². The van der Waals surface area contributed by atoms with E-state index >= 15 is 0 Å². The van der Waals surface area contributed by atoms with E-state index in [9.17, 15) is 22.4 Å². The molecule has 0 spiro atoms. The maximum atomic E-state index is 12.9. The molecular formula is C21H26FN3O5S. The Morgan fingerprint density at radius 2 is 1.61 bits per heavy atom. The van der Waals surface area contributed by atoms with Crippen LogP contribution in [0, 0.1) is 26.6 Å². The maximum Gasteiger partial charge on any atom is 0.279 e. The smallest absolute Gasteiger partial charge is 0.279 e. The zero-order chi connectivity index (χ0) is 23.2. The van der Waals surface area contributed by atoms with Crippen LogP contribution < -0.4 is 20.3 Å². The minimum atomic E-state index is -3.78. The van der Waals surface area contributed by atoms with E-state index in [1.807, 2.05) is 6.92 Å². The van der Waals surface area contributed by atoms with Crippen LogP contribution in [0.2, 0.25) is 0 Å². The second-order valence-electron chi connectivity index (χ2n) is 7.13. The van der Waals surface area contributed by atoms with Crippen molar-refractivity contribution >= 4 is 21.8 Å². The van der Waals surface area contributed by atoms with E-state index in [0.717, 1.165) is 5.56 Å². The van der Waals surface area contributed by atoms with Gasteiger partial charge < -0.3 is 4.74 Å². The van der Waals surface area contributed by atoms with E-state index in [-0.39, 0.29) is 17.9 Å². The molecule has 2 aromatic rings. The van der Waals surface area contributed by atoms with Crippen molar-refractivity contribution in [3.8, 4) is 5.75 Å². The van der Waals surface area contributed by atoms with Gasteiger partial charge in [-0.1, -0.05) is 17.7 Å². The average Bonchev–Trinajstić information content (AvgIpc) is 2.66. The van der Waals surface area contributed by atoms with Gasteiger partial charge in [-0.25, -0.2) is 17.5 Å². The van der Waals surface area contributed by atoms with Gasteiger partial charge in [0.15, 0.2) is 6.10 Å². The summed E-state index contributed by atoms with van der Waals surface area (Å²) in [5.74, 6) is -1.34. The molecule has 0 aliphatic carbocycles. The van der Waals surface area contributed by atoms with Crippen molar-refractivity contribution in [3.05, 3.63) is 58.9 Å². The van der Waals surface area contributed by atoms with Gasteiger partial charge in [0.25, 0.3) is 5.91 Å². The number of ether oxygens (including phenoxy) is 1. The highest BCUT2D eigenvalue weighted by Gasteiger charge is 2.20. The molecule has 2 rings (SSSR count). The van der Waals surface area contributed by atoms with Crippen molar-refractivity contribution in [1.29, 1.82) is 0 Å². The molecule has 1 atom stereocenters. The Morgan fingerprint density at radius 1 is 1.03 bits per heavy atom. The van der Waals surface area contributed by atoms with Crippen LogP contribution in [0.3, 0.4) is 0 Å². The van der Waals surface area contributed by atoms with Crippen LogP contribution in [0.5, 0.6) is 5.75 Å². The molecule has 0 saturated carbocycles. The molecule has 0 aliphatic rings. The fourth-order valence-corrected chi connectivity index (χ4v) is 4.51. The average molecular weight is 452 g/mol. The van der Waals surface area contributed by atoms with Crippen LogP contribution in [0.4, 0.5) is 4.39 Å². The Balaban J connectivity index is 1.80. The Bertz CT molecular complexity index is 1030. The first-order valence-electron chi connectivity index (χ1n) is 9.58. The number of carbonyl (C=O) groups excluding carboxylic acids is 2. The Labute approximate surface area is 181 Å². The Morgan fingerprint density at radius 3 is 2.19 bits per heavy atom. The van der Waals surface area contributed by atoms with Gasteiger partial charge in [-0.2, -0.15) is 0 Å². The first-order chi connectivity index (χ1) is 14.5. The molecule has 8 nitrogen and oxygen atoms in total. The largest absolute Gasteiger partial charge is 0.481 e. The number of amides is 2. The molecule has 2 amide bonds. The normalized spacial score (nSPS) is 12.2. The molecule has 0 saturated heterocycles. The minimum Gasteiger partial charge on any atom is -0.481 e. The number of rotatable bonds is 8. The first-order valence-corrected chi connectivity index (χ1v) is 11.1. The molecule has 0 aliphatic heterocycles. The number of halogens is 1. The van der Waals surface area contributed by atoms with Crippen LogP contribution in [-0.4, -0.2) is 32.9 Å². The lowest BCUT2D eigenvalue weighted by molar-refractivity contribution is -0.132. The molecule has 0 bridgehead atoms. The van der Waals surface area contributed by atoms with Crippen molar-refractivity contribution in [3.63, 3.8) is 0 Å². The molecule has 1 unspecified atom stereocenters. The van der Waals surface area contributed by atoms with Gasteiger partial charge in [-0.3, -0.25) is 20.4 Å². The molecule has 2 aromatic carbocycles. The van der Waals surface area contributed by atoms with Gasteiger partial charge in [0, 0.05) is 13.0 Å². The van der Waals surface area contributed by atoms with E-state index in [4.69, 9.17) is 4.74 Å². The third-order valence-electron chi connectivity index (χ3n) is 4.34. The second-order valence-corrected chi connectivity index (χ2v) is 8.83. The summed E-state index contributed by atoms with van der Waals surface area (Å²) in [6, 6.07) is 8.70. The highest BCUT2D eigenvalue weighted by Crippen LogP contribution is 2.21. The zero-order valence-electron chi connectivity index (χ0n) is 17.8. The predicted octanol–water partition coefficient (Wildman–Crippen LogP) is 2.03. The van der Waals surface area contributed by atoms with Crippen LogP contribution >= 0.6 is 0 Å². The summed E-state index contributed by atoms with van der Waals surface area (Å²) in [5, 5.41) is 0. The van der Waals surface area contributed by atoms with Crippen molar-refractivity contribution in [1.82, 2.24) is 15.6 Å². The predicted molar refractivity (Wildman–Crippen MR) is 113 cm³/mol. The molecule has 0 fully saturated rings. The number of benzene rings is 2. The fraction of sp³-hybridized carbons (Fsp3) is 0.333. The van der Waals surface area contributed by atoms with E-state index in [2.05, 4.69) is 15.6 Å². The number of aryl methyl sites for hydroxylation is 3. The Kier molecular flexibility index (Phi) is 8.12. The number of hydrogen-bond acceptors (Lipinski definition) is 5. The number of hydrogen-bond donors (Lipinski definition) is 3. The van der Waals surface area contributed by atoms with Gasteiger partial charge in [0.1, 0.15) is 11.6 Å². The molecule has 3 N–H and O–H groups in total. The summed E-state index contributed by atoms with van der Waals surface area (Å²) in [6.07, 6.45) is -1.13. The van der Waals surface area contributed by atoms with E-state index in [1.165, 1.54) is 31.2 Å². The lowest BCUT2D eigenvalue weighted by atomic mass is 10.1. The third-order valence-corrected chi connectivity index (χ3v) is 6.10. The SMILES string of the molecule is Cc1cc(C)c(S(=O)(=O)NCCC(=O)NNC(=O)C(C)Oc2ccc(F)cc2)c(C)c1. The van der Waals surface area contributed by atoms with E-state index in [1.54, 1.807) is 26.0 Å². The highest BCUT2D eigenvalue weighted by molar-refractivity contribution is 7.89. The summed E-state index contributed by atoms with van der Waals surface area (Å²) >= 11 is 0. The molecule has 0 heterocycles. The Hall–Kier alpha value is -2.98. The van der Waals surface area contributed by atoms with Crippen molar-refractivity contribution in [2.45, 2.75) is 45.1 Å². The molecule has 31 heavy (non-hydrogen) atoms. The summed E-state index contributed by atoms with van der Waals surface area (Å²) in [5.41, 5.74) is 6.61. The van der Waals surface area contributed by atoms with Crippen molar-refractivity contribution in [2.75, 3.05) is 6.54 Å². The lowest BCUT2D eigenvalue weighted by Gasteiger charge is -2.15. The molecule has 10 heteroatoms. The van der Waals surface area contributed by atoms with Crippen LogP contribution in [-0.2, 0) is 19.6 Å². The quantitative estimate of drug-likeness (QED) is 0.532. The maximum absolute atomic E-state index is 12.9. The molecule has 168 valence electrons. The number of carbonyl (C=O) groups is 2. The van der Waals surface area contributed by atoms with Gasteiger partial charge in [-0.15, -0.1) is 0 Å². The molecular weight excluding hydrogens is 425 g/mol. The summed E-state index contributed by atoms with van der Waals surface area (Å²) < 4.78 is 45.8. The fourth-order valence-electron chi connectivity index (χ4n) is 3.03. The molecule has 0 aromatic heterocycles. The standard InChI is InChI=1S/C21H26FN3O5S/c1-13-11-14(2)20(15(3)12-13)31(28,29)23-10-9-19(26)24-25-21(27)16(4)30-18-7-5-17(22)6-8-18/h5-8,11-12,16,23H,9-10H2,1-4H3,(H,24,26)(H,25,27).